The molecule has 1 aromatic heterocycles. The highest BCUT2D eigenvalue weighted by Crippen LogP contribution is 2.36. The summed E-state index contributed by atoms with van der Waals surface area (Å²) in [5.74, 6) is 1.62. The molecule has 2 aliphatic rings. The summed E-state index contributed by atoms with van der Waals surface area (Å²) in [6, 6.07) is 11.6. The van der Waals surface area contributed by atoms with Crippen LogP contribution in [-0.2, 0) is 17.6 Å². The standard InChI is InChI=1S/C21H19N3O4S/c1-12(19(25)22-16-7-5-13-3-2-4-14(13)9-16)29-21-24-23-20(28-21)15-6-8-17-18(10-15)27-11-26-17/h5-10,12H,2-4,11H2,1H3,(H,22,25). The molecule has 0 fully saturated rings. The van der Waals surface area contributed by atoms with Gasteiger partial charge in [0.25, 0.3) is 5.22 Å². The minimum absolute atomic E-state index is 0.101. The molecule has 8 heteroatoms. The molecule has 1 aliphatic carbocycles. The highest BCUT2D eigenvalue weighted by Gasteiger charge is 2.21. The van der Waals surface area contributed by atoms with Gasteiger partial charge in [-0.05, 0) is 67.6 Å². The van der Waals surface area contributed by atoms with Gasteiger partial charge in [0, 0.05) is 11.3 Å². The molecular formula is C21H19N3O4S. The van der Waals surface area contributed by atoms with Crippen molar-refractivity contribution in [3.05, 3.63) is 47.5 Å². The second-order valence-corrected chi connectivity index (χ2v) is 8.32. The molecule has 1 N–H and O–H groups in total. The number of aromatic nitrogens is 2. The van der Waals surface area contributed by atoms with Crippen LogP contribution in [-0.4, -0.2) is 28.1 Å². The summed E-state index contributed by atoms with van der Waals surface area (Å²) in [7, 11) is 0. The Morgan fingerprint density at radius 3 is 2.86 bits per heavy atom. The topological polar surface area (TPSA) is 86.5 Å². The molecule has 0 radical (unpaired) electrons. The zero-order chi connectivity index (χ0) is 19.8. The minimum atomic E-state index is -0.381. The smallest absolute Gasteiger partial charge is 0.277 e. The molecule has 148 valence electrons. The van der Waals surface area contributed by atoms with Gasteiger partial charge in [0.2, 0.25) is 18.6 Å². The van der Waals surface area contributed by atoms with Gasteiger partial charge in [-0.25, -0.2) is 0 Å². The summed E-state index contributed by atoms with van der Waals surface area (Å²) >= 11 is 1.23. The number of thioether (sulfide) groups is 1. The number of anilines is 1. The van der Waals surface area contributed by atoms with Gasteiger partial charge in [-0.3, -0.25) is 4.79 Å². The van der Waals surface area contributed by atoms with E-state index in [0.29, 0.717) is 22.6 Å². The van der Waals surface area contributed by atoms with Crippen molar-refractivity contribution in [2.45, 2.75) is 36.7 Å². The number of benzene rings is 2. The van der Waals surface area contributed by atoms with E-state index < -0.39 is 0 Å². The molecule has 2 aromatic carbocycles. The lowest BCUT2D eigenvalue weighted by Gasteiger charge is -2.11. The summed E-state index contributed by atoms with van der Waals surface area (Å²) in [4.78, 5) is 12.6. The molecule has 1 unspecified atom stereocenters. The largest absolute Gasteiger partial charge is 0.454 e. The third kappa shape index (κ3) is 3.67. The van der Waals surface area contributed by atoms with Crippen molar-refractivity contribution >= 4 is 23.4 Å². The lowest BCUT2D eigenvalue weighted by Crippen LogP contribution is -2.22. The number of fused-ring (bicyclic) bond motifs is 2. The number of ether oxygens (including phenoxy) is 2. The first-order valence-corrected chi connectivity index (χ1v) is 10.4. The number of carbonyl (C=O) groups excluding carboxylic acids is 1. The van der Waals surface area contributed by atoms with E-state index in [0.717, 1.165) is 24.1 Å². The van der Waals surface area contributed by atoms with Crippen LogP contribution in [0.5, 0.6) is 11.5 Å². The number of amides is 1. The molecule has 1 amide bonds. The molecule has 0 spiro atoms. The first kappa shape index (κ1) is 18.1. The maximum Gasteiger partial charge on any atom is 0.277 e. The number of rotatable bonds is 5. The highest BCUT2D eigenvalue weighted by molar-refractivity contribution is 8.00. The average Bonchev–Trinajstić information content (AvgIpc) is 3.47. The van der Waals surface area contributed by atoms with Crippen LogP contribution in [0.4, 0.5) is 5.69 Å². The van der Waals surface area contributed by atoms with Gasteiger partial charge in [0.1, 0.15) is 0 Å². The highest BCUT2D eigenvalue weighted by atomic mass is 32.2. The van der Waals surface area contributed by atoms with Gasteiger partial charge < -0.3 is 19.2 Å². The van der Waals surface area contributed by atoms with Crippen LogP contribution in [0.15, 0.2) is 46.0 Å². The van der Waals surface area contributed by atoms with Gasteiger partial charge in [0.05, 0.1) is 5.25 Å². The number of hydrogen-bond acceptors (Lipinski definition) is 7. The summed E-state index contributed by atoms with van der Waals surface area (Å²) < 4.78 is 16.4. The van der Waals surface area contributed by atoms with Gasteiger partial charge in [-0.15, -0.1) is 10.2 Å². The second-order valence-electron chi connectivity index (χ2n) is 7.03. The van der Waals surface area contributed by atoms with Crippen molar-refractivity contribution in [1.29, 1.82) is 0 Å². The summed E-state index contributed by atoms with van der Waals surface area (Å²) in [5.41, 5.74) is 4.28. The first-order valence-electron chi connectivity index (χ1n) is 9.48. The number of nitrogens with one attached hydrogen (secondary N) is 1. The van der Waals surface area contributed by atoms with Crippen molar-refractivity contribution in [2.75, 3.05) is 12.1 Å². The number of nitrogens with zero attached hydrogens (tertiary/aromatic N) is 2. The Balaban J connectivity index is 1.24. The lowest BCUT2D eigenvalue weighted by molar-refractivity contribution is -0.115. The van der Waals surface area contributed by atoms with Crippen LogP contribution in [0.2, 0.25) is 0 Å². The summed E-state index contributed by atoms with van der Waals surface area (Å²) in [6.07, 6.45) is 3.38. The Morgan fingerprint density at radius 2 is 1.93 bits per heavy atom. The van der Waals surface area contributed by atoms with Crippen LogP contribution in [0, 0.1) is 0 Å². The van der Waals surface area contributed by atoms with E-state index in [9.17, 15) is 4.79 Å². The van der Waals surface area contributed by atoms with Gasteiger partial charge in [-0.2, -0.15) is 0 Å². The van der Waals surface area contributed by atoms with E-state index >= 15 is 0 Å². The SMILES string of the molecule is CC(Sc1nnc(-c2ccc3c(c2)OCO3)o1)C(=O)Nc1ccc2c(c1)CCC2. The minimum Gasteiger partial charge on any atom is -0.454 e. The van der Waals surface area contributed by atoms with Crippen LogP contribution in [0.25, 0.3) is 11.5 Å². The zero-order valence-corrected chi connectivity index (χ0v) is 16.6. The maximum atomic E-state index is 12.6. The molecule has 29 heavy (non-hydrogen) atoms. The predicted octanol–water partition coefficient (Wildman–Crippen LogP) is 4.07. The van der Waals surface area contributed by atoms with E-state index in [4.69, 9.17) is 13.9 Å². The van der Waals surface area contributed by atoms with E-state index in [1.807, 2.05) is 19.1 Å². The molecular weight excluding hydrogens is 390 g/mol. The van der Waals surface area contributed by atoms with Gasteiger partial charge >= 0.3 is 0 Å². The fourth-order valence-electron chi connectivity index (χ4n) is 3.50. The molecule has 3 aromatic rings. The monoisotopic (exact) mass is 409 g/mol. The number of aryl methyl sites for hydroxylation is 2. The molecule has 0 bridgehead atoms. The third-order valence-corrected chi connectivity index (χ3v) is 5.97. The molecule has 0 saturated heterocycles. The Bertz CT molecular complexity index is 1080. The predicted molar refractivity (Wildman–Crippen MR) is 108 cm³/mol. The van der Waals surface area contributed by atoms with Crippen molar-refractivity contribution in [1.82, 2.24) is 10.2 Å². The zero-order valence-electron chi connectivity index (χ0n) is 15.8. The van der Waals surface area contributed by atoms with Gasteiger partial charge in [-0.1, -0.05) is 17.8 Å². The van der Waals surface area contributed by atoms with Crippen LogP contribution in [0.3, 0.4) is 0 Å². The molecule has 1 atom stereocenters. The molecule has 0 saturated carbocycles. The number of hydrogen-bond donors (Lipinski definition) is 1. The van der Waals surface area contributed by atoms with Crippen molar-refractivity contribution in [3.63, 3.8) is 0 Å². The molecule has 2 heterocycles. The van der Waals surface area contributed by atoms with Crippen LogP contribution in [0.1, 0.15) is 24.5 Å². The lowest BCUT2D eigenvalue weighted by atomic mass is 10.1. The Labute approximate surface area is 171 Å². The fourth-order valence-corrected chi connectivity index (χ4v) is 4.19. The van der Waals surface area contributed by atoms with Crippen LogP contribution >= 0.6 is 11.8 Å². The summed E-state index contributed by atoms with van der Waals surface area (Å²) in [5, 5.41) is 11.1. The average molecular weight is 409 g/mol. The Morgan fingerprint density at radius 1 is 1.07 bits per heavy atom. The van der Waals surface area contributed by atoms with Crippen LogP contribution < -0.4 is 14.8 Å². The molecule has 1 aliphatic heterocycles. The van der Waals surface area contributed by atoms with Crippen molar-refractivity contribution < 1.29 is 18.7 Å². The Hall–Kier alpha value is -3.00. The second kappa shape index (κ2) is 7.44. The number of carbonyl (C=O) groups is 1. The van der Waals surface area contributed by atoms with E-state index in [2.05, 4.69) is 27.6 Å². The van der Waals surface area contributed by atoms with E-state index in [-0.39, 0.29) is 18.0 Å². The quantitative estimate of drug-likeness (QED) is 0.636. The third-order valence-electron chi connectivity index (χ3n) is 5.04. The Kier molecular flexibility index (Phi) is 4.63. The van der Waals surface area contributed by atoms with E-state index in [1.54, 1.807) is 12.1 Å². The van der Waals surface area contributed by atoms with Gasteiger partial charge in [0.15, 0.2) is 11.5 Å². The maximum absolute atomic E-state index is 12.6. The van der Waals surface area contributed by atoms with Crippen molar-refractivity contribution in [2.24, 2.45) is 0 Å². The fraction of sp³-hybridized carbons (Fsp3) is 0.286. The molecule has 7 nitrogen and oxygen atoms in total. The van der Waals surface area contributed by atoms with E-state index in [1.165, 1.54) is 29.3 Å². The summed E-state index contributed by atoms with van der Waals surface area (Å²) in [6.45, 7) is 2.03. The normalized spacial score (nSPS) is 15.2. The van der Waals surface area contributed by atoms with Crippen molar-refractivity contribution in [3.8, 4) is 23.0 Å². The molecule has 5 rings (SSSR count). The first-order chi connectivity index (χ1) is 14.2.